The lowest BCUT2D eigenvalue weighted by Crippen LogP contribution is -1.99. The average Bonchev–Trinajstić information content (AvgIpc) is 2.76. The highest BCUT2D eigenvalue weighted by Gasteiger charge is 2.13. The summed E-state index contributed by atoms with van der Waals surface area (Å²) in [6, 6.07) is 11.3. The predicted octanol–water partition coefficient (Wildman–Crippen LogP) is 3.27. The maximum Gasteiger partial charge on any atom is 0.303 e. The molecule has 0 bridgehead atoms. The zero-order valence-electron chi connectivity index (χ0n) is 8.42. The SMILES string of the molecule is O=[N+]([O-])c1ccsc1NCc1ccccc1. The molecule has 4 nitrogen and oxygen atoms in total. The molecule has 0 aliphatic rings. The van der Waals surface area contributed by atoms with Gasteiger partial charge in [0.1, 0.15) is 0 Å². The molecule has 0 unspecified atom stereocenters. The lowest BCUT2D eigenvalue weighted by Gasteiger charge is -2.03. The first-order valence-corrected chi connectivity index (χ1v) is 5.65. The van der Waals surface area contributed by atoms with E-state index >= 15 is 0 Å². The Bertz CT molecular complexity index is 482. The molecule has 0 saturated heterocycles. The summed E-state index contributed by atoms with van der Waals surface area (Å²) in [6.45, 7) is 0.599. The van der Waals surface area contributed by atoms with Crippen LogP contribution in [0.2, 0.25) is 0 Å². The maximum atomic E-state index is 10.7. The Morgan fingerprint density at radius 3 is 2.69 bits per heavy atom. The zero-order valence-corrected chi connectivity index (χ0v) is 9.24. The third-order valence-corrected chi connectivity index (χ3v) is 3.00. The van der Waals surface area contributed by atoms with Gasteiger partial charge in [-0.2, -0.15) is 0 Å². The normalized spacial score (nSPS) is 10.0. The van der Waals surface area contributed by atoms with E-state index in [1.807, 2.05) is 30.3 Å². The van der Waals surface area contributed by atoms with Gasteiger partial charge >= 0.3 is 5.69 Å². The first kappa shape index (κ1) is 10.6. The molecule has 5 heteroatoms. The molecular weight excluding hydrogens is 224 g/mol. The van der Waals surface area contributed by atoms with Crippen molar-refractivity contribution in [2.24, 2.45) is 0 Å². The number of benzene rings is 1. The van der Waals surface area contributed by atoms with Crippen LogP contribution in [0.15, 0.2) is 41.8 Å². The van der Waals surface area contributed by atoms with Crippen LogP contribution in [0.25, 0.3) is 0 Å². The first-order valence-electron chi connectivity index (χ1n) is 4.77. The average molecular weight is 234 g/mol. The van der Waals surface area contributed by atoms with E-state index in [4.69, 9.17) is 0 Å². The Morgan fingerprint density at radius 2 is 2.00 bits per heavy atom. The lowest BCUT2D eigenvalue weighted by atomic mass is 10.2. The first-order chi connectivity index (χ1) is 7.77. The van der Waals surface area contributed by atoms with Gasteiger partial charge in [0.15, 0.2) is 5.00 Å². The van der Waals surface area contributed by atoms with Crippen LogP contribution in [0.4, 0.5) is 10.7 Å². The van der Waals surface area contributed by atoms with Crippen molar-refractivity contribution in [3.63, 3.8) is 0 Å². The number of nitrogens with one attached hydrogen (secondary N) is 1. The number of hydrogen-bond acceptors (Lipinski definition) is 4. The van der Waals surface area contributed by atoms with Crippen LogP contribution in [-0.4, -0.2) is 4.92 Å². The zero-order chi connectivity index (χ0) is 11.4. The van der Waals surface area contributed by atoms with Crippen LogP contribution in [0.1, 0.15) is 5.56 Å². The van der Waals surface area contributed by atoms with E-state index < -0.39 is 0 Å². The molecule has 1 heterocycles. The van der Waals surface area contributed by atoms with Gasteiger partial charge in [0.05, 0.1) is 4.92 Å². The van der Waals surface area contributed by atoms with Crippen molar-refractivity contribution in [3.8, 4) is 0 Å². The van der Waals surface area contributed by atoms with Crippen molar-refractivity contribution < 1.29 is 4.92 Å². The monoisotopic (exact) mass is 234 g/mol. The van der Waals surface area contributed by atoms with E-state index in [-0.39, 0.29) is 10.6 Å². The van der Waals surface area contributed by atoms with Gasteiger partial charge in [-0.25, -0.2) is 0 Å². The Morgan fingerprint density at radius 1 is 1.25 bits per heavy atom. The van der Waals surface area contributed by atoms with Gasteiger partial charge in [-0.1, -0.05) is 30.3 Å². The summed E-state index contributed by atoms with van der Waals surface area (Å²) in [6.07, 6.45) is 0. The van der Waals surface area contributed by atoms with Crippen LogP contribution < -0.4 is 5.32 Å². The summed E-state index contributed by atoms with van der Waals surface area (Å²) >= 11 is 1.34. The Labute approximate surface area is 96.7 Å². The van der Waals surface area contributed by atoms with Crippen molar-refractivity contribution >= 4 is 22.0 Å². The van der Waals surface area contributed by atoms with Crippen molar-refractivity contribution in [2.45, 2.75) is 6.54 Å². The maximum absolute atomic E-state index is 10.7. The largest absolute Gasteiger partial charge is 0.367 e. The van der Waals surface area contributed by atoms with E-state index in [1.54, 1.807) is 5.38 Å². The molecule has 0 radical (unpaired) electrons. The summed E-state index contributed by atoms with van der Waals surface area (Å²) in [7, 11) is 0. The van der Waals surface area contributed by atoms with E-state index in [2.05, 4.69) is 5.32 Å². The molecule has 0 atom stereocenters. The number of thiophene rings is 1. The van der Waals surface area contributed by atoms with Crippen molar-refractivity contribution in [3.05, 3.63) is 57.5 Å². The summed E-state index contributed by atoms with van der Waals surface area (Å²) < 4.78 is 0. The standard InChI is InChI=1S/C11H10N2O2S/c14-13(15)10-6-7-16-11(10)12-8-9-4-2-1-3-5-9/h1-7,12H,8H2. The minimum atomic E-state index is -0.371. The van der Waals surface area contributed by atoms with Crippen LogP contribution in [0, 0.1) is 10.1 Å². The summed E-state index contributed by atoms with van der Waals surface area (Å²) in [4.78, 5) is 10.3. The second-order valence-corrected chi connectivity index (χ2v) is 4.15. The van der Waals surface area contributed by atoms with Gasteiger partial charge in [-0.3, -0.25) is 10.1 Å². The van der Waals surface area contributed by atoms with E-state index in [9.17, 15) is 10.1 Å². The third-order valence-electron chi connectivity index (χ3n) is 2.14. The topological polar surface area (TPSA) is 55.2 Å². The van der Waals surface area contributed by atoms with Crippen molar-refractivity contribution in [2.75, 3.05) is 5.32 Å². The molecule has 2 rings (SSSR count). The smallest absolute Gasteiger partial charge is 0.303 e. The molecule has 0 spiro atoms. The Hall–Kier alpha value is -1.88. The number of anilines is 1. The molecule has 1 aromatic carbocycles. The number of nitro groups is 1. The molecule has 0 fully saturated rings. The van der Waals surface area contributed by atoms with E-state index in [0.29, 0.717) is 11.5 Å². The van der Waals surface area contributed by atoms with Gasteiger partial charge in [0.2, 0.25) is 0 Å². The number of nitrogens with zero attached hydrogens (tertiary/aromatic N) is 1. The molecular formula is C11H10N2O2S. The highest BCUT2D eigenvalue weighted by Crippen LogP contribution is 2.30. The second-order valence-electron chi connectivity index (χ2n) is 3.23. The number of rotatable bonds is 4. The van der Waals surface area contributed by atoms with Gasteiger partial charge in [0, 0.05) is 12.6 Å². The Kier molecular flexibility index (Phi) is 3.16. The Balaban J connectivity index is 2.05. The number of hydrogen-bond donors (Lipinski definition) is 1. The van der Waals surface area contributed by atoms with E-state index in [0.717, 1.165) is 5.56 Å². The molecule has 2 aromatic rings. The summed E-state index contributed by atoms with van der Waals surface area (Å²) in [5.41, 5.74) is 1.24. The van der Waals surface area contributed by atoms with E-state index in [1.165, 1.54) is 17.4 Å². The van der Waals surface area contributed by atoms with Gasteiger partial charge in [-0.15, -0.1) is 11.3 Å². The fraction of sp³-hybridized carbons (Fsp3) is 0.0909. The van der Waals surface area contributed by atoms with Crippen molar-refractivity contribution in [1.82, 2.24) is 0 Å². The van der Waals surface area contributed by atoms with Crippen LogP contribution >= 0.6 is 11.3 Å². The minimum Gasteiger partial charge on any atom is -0.367 e. The second kappa shape index (κ2) is 4.76. The lowest BCUT2D eigenvalue weighted by molar-refractivity contribution is -0.383. The molecule has 16 heavy (non-hydrogen) atoms. The highest BCUT2D eigenvalue weighted by molar-refractivity contribution is 7.14. The predicted molar refractivity (Wildman–Crippen MR) is 64.7 cm³/mol. The molecule has 1 N–H and O–H groups in total. The minimum absolute atomic E-state index is 0.140. The molecule has 82 valence electrons. The summed E-state index contributed by atoms with van der Waals surface area (Å²) in [5, 5.41) is 16.1. The summed E-state index contributed by atoms with van der Waals surface area (Å²) in [5.74, 6) is 0. The fourth-order valence-electron chi connectivity index (χ4n) is 1.36. The molecule has 0 amide bonds. The molecule has 0 aliphatic carbocycles. The van der Waals surface area contributed by atoms with Gasteiger partial charge < -0.3 is 5.32 Å². The van der Waals surface area contributed by atoms with Crippen molar-refractivity contribution in [1.29, 1.82) is 0 Å². The molecule has 0 aliphatic heterocycles. The molecule has 0 saturated carbocycles. The van der Waals surface area contributed by atoms with Crippen LogP contribution in [0.3, 0.4) is 0 Å². The van der Waals surface area contributed by atoms with Gasteiger partial charge in [-0.05, 0) is 10.9 Å². The van der Waals surface area contributed by atoms with Gasteiger partial charge in [0.25, 0.3) is 0 Å². The quantitative estimate of drug-likeness (QED) is 0.652. The third kappa shape index (κ3) is 2.38. The van der Waals surface area contributed by atoms with Crippen LogP contribution in [0.5, 0.6) is 0 Å². The van der Waals surface area contributed by atoms with Crippen LogP contribution in [-0.2, 0) is 6.54 Å². The fourth-order valence-corrected chi connectivity index (χ4v) is 2.11. The highest BCUT2D eigenvalue weighted by atomic mass is 32.1. The molecule has 1 aromatic heterocycles.